The standard InChI is InChI=1S/C20H17FN2O2/c21-17-11-4-2-7-14(17)12-18(19(22)24)23-20(25)16-10-5-8-13-6-1-3-9-15(13)16/h1-11,18H,12H2,(H2,22,24)(H,23,25)/t18-/m1/s1. The molecule has 0 saturated carbocycles. The number of benzene rings is 3. The molecule has 5 heteroatoms. The minimum absolute atomic E-state index is 0.00148. The largest absolute Gasteiger partial charge is 0.368 e. The molecule has 3 rings (SSSR count). The second kappa shape index (κ2) is 7.13. The molecule has 0 saturated heterocycles. The average molecular weight is 336 g/mol. The lowest BCUT2D eigenvalue weighted by molar-refractivity contribution is -0.119. The Kier molecular flexibility index (Phi) is 4.75. The van der Waals surface area contributed by atoms with Crippen molar-refractivity contribution >= 4 is 22.6 Å². The summed E-state index contributed by atoms with van der Waals surface area (Å²) < 4.78 is 13.8. The number of carbonyl (C=O) groups is 2. The Bertz CT molecular complexity index is 934. The third-order valence-electron chi connectivity index (χ3n) is 4.06. The van der Waals surface area contributed by atoms with Crippen LogP contribution in [0.4, 0.5) is 4.39 Å². The van der Waals surface area contributed by atoms with Crippen LogP contribution >= 0.6 is 0 Å². The molecule has 0 aliphatic carbocycles. The lowest BCUT2D eigenvalue weighted by atomic mass is 10.0. The Hall–Kier alpha value is -3.21. The van der Waals surface area contributed by atoms with Crippen LogP contribution in [0, 0.1) is 5.82 Å². The van der Waals surface area contributed by atoms with Gasteiger partial charge in [0.15, 0.2) is 0 Å². The van der Waals surface area contributed by atoms with Crippen LogP contribution in [0.2, 0.25) is 0 Å². The molecule has 3 N–H and O–H groups in total. The number of primary amides is 1. The number of nitrogens with one attached hydrogen (secondary N) is 1. The molecule has 126 valence electrons. The van der Waals surface area contributed by atoms with E-state index in [1.165, 1.54) is 6.07 Å². The van der Waals surface area contributed by atoms with Crippen molar-refractivity contribution in [2.75, 3.05) is 0 Å². The molecule has 0 aliphatic rings. The van der Waals surface area contributed by atoms with Gasteiger partial charge in [-0.2, -0.15) is 0 Å². The lowest BCUT2D eigenvalue weighted by Gasteiger charge is -2.17. The van der Waals surface area contributed by atoms with Gasteiger partial charge >= 0.3 is 0 Å². The normalized spacial score (nSPS) is 11.9. The first-order chi connectivity index (χ1) is 12.1. The van der Waals surface area contributed by atoms with E-state index < -0.39 is 23.7 Å². The highest BCUT2D eigenvalue weighted by molar-refractivity contribution is 6.08. The smallest absolute Gasteiger partial charge is 0.252 e. The highest BCUT2D eigenvalue weighted by Crippen LogP contribution is 2.19. The number of fused-ring (bicyclic) bond motifs is 1. The van der Waals surface area contributed by atoms with Gasteiger partial charge in [0.05, 0.1) is 0 Å². The third-order valence-corrected chi connectivity index (χ3v) is 4.06. The molecule has 4 nitrogen and oxygen atoms in total. The van der Waals surface area contributed by atoms with Crippen molar-refractivity contribution in [2.45, 2.75) is 12.5 Å². The summed E-state index contributed by atoms with van der Waals surface area (Å²) >= 11 is 0. The summed E-state index contributed by atoms with van der Waals surface area (Å²) in [6.07, 6.45) is -0.00148. The monoisotopic (exact) mass is 336 g/mol. The second-order valence-corrected chi connectivity index (χ2v) is 5.75. The van der Waals surface area contributed by atoms with Crippen LogP contribution in [0.3, 0.4) is 0 Å². The minimum atomic E-state index is -0.997. The molecule has 3 aromatic carbocycles. The molecule has 0 bridgehead atoms. The van der Waals surface area contributed by atoms with Crippen molar-refractivity contribution in [3.05, 3.63) is 83.7 Å². The van der Waals surface area contributed by atoms with Crippen molar-refractivity contribution in [1.82, 2.24) is 5.32 Å². The van der Waals surface area contributed by atoms with E-state index in [9.17, 15) is 14.0 Å². The second-order valence-electron chi connectivity index (χ2n) is 5.75. The van der Waals surface area contributed by atoms with Gasteiger partial charge in [-0.25, -0.2) is 4.39 Å². The molecule has 0 radical (unpaired) electrons. The van der Waals surface area contributed by atoms with Crippen LogP contribution < -0.4 is 11.1 Å². The van der Waals surface area contributed by atoms with E-state index in [1.807, 2.05) is 30.3 Å². The SMILES string of the molecule is NC(=O)[C@@H](Cc1ccccc1F)NC(=O)c1cccc2ccccc12. The van der Waals surface area contributed by atoms with Gasteiger partial charge in [0, 0.05) is 12.0 Å². The van der Waals surface area contributed by atoms with Gasteiger partial charge in [-0.05, 0) is 28.5 Å². The Labute approximate surface area is 144 Å². The van der Waals surface area contributed by atoms with Gasteiger partial charge in [-0.1, -0.05) is 54.6 Å². The van der Waals surface area contributed by atoms with Crippen LogP contribution in [0.25, 0.3) is 10.8 Å². The minimum Gasteiger partial charge on any atom is -0.368 e. The van der Waals surface area contributed by atoms with Crippen LogP contribution in [0.15, 0.2) is 66.7 Å². The first kappa shape index (κ1) is 16.6. The maximum atomic E-state index is 13.8. The summed E-state index contributed by atoms with van der Waals surface area (Å²) in [6.45, 7) is 0. The number of nitrogens with two attached hydrogens (primary N) is 1. The van der Waals surface area contributed by atoms with Crippen molar-refractivity contribution in [2.24, 2.45) is 5.73 Å². The van der Waals surface area contributed by atoms with Gasteiger partial charge in [0.2, 0.25) is 5.91 Å². The fourth-order valence-corrected chi connectivity index (χ4v) is 2.77. The van der Waals surface area contributed by atoms with Crippen molar-refractivity contribution in [1.29, 1.82) is 0 Å². The first-order valence-corrected chi connectivity index (χ1v) is 7.87. The maximum Gasteiger partial charge on any atom is 0.252 e. The highest BCUT2D eigenvalue weighted by atomic mass is 19.1. The summed E-state index contributed by atoms with van der Waals surface area (Å²) in [5.41, 5.74) is 6.16. The van der Waals surface area contributed by atoms with Crippen molar-refractivity contribution in [3.8, 4) is 0 Å². The molecule has 2 amide bonds. The predicted octanol–water partition coefficient (Wildman–Crippen LogP) is 2.81. The Balaban J connectivity index is 1.86. The number of amides is 2. The average Bonchev–Trinajstić information content (AvgIpc) is 2.62. The molecule has 0 heterocycles. The fraction of sp³-hybridized carbons (Fsp3) is 0.100. The first-order valence-electron chi connectivity index (χ1n) is 7.87. The Morgan fingerprint density at radius 2 is 1.64 bits per heavy atom. The number of hydrogen-bond acceptors (Lipinski definition) is 2. The van der Waals surface area contributed by atoms with E-state index in [0.717, 1.165) is 10.8 Å². The molecule has 0 aliphatic heterocycles. The molecular formula is C20H17FN2O2. The topological polar surface area (TPSA) is 72.2 Å². The van der Waals surface area contributed by atoms with Crippen LogP contribution in [0.1, 0.15) is 15.9 Å². The molecule has 0 unspecified atom stereocenters. The van der Waals surface area contributed by atoms with E-state index in [4.69, 9.17) is 5.73 Å². The van der Waals surface area contributed by atoms with Gasteiger partial charge in [-0.3, -0.25) is 9.59 Å². The highest BCUT2D eigenvalue weighted by Gasteiger charge is 2.21. The maximum absolute atomic E-state index is 13.8. The lowest BCUT2D eigenvalue weighted by Crippen LogP contribution is -2.46. The van der Waals surface area contributed by atoms with Crippen molar-refractivity contribution in [3.63, 3.8) is 0 Å². The zero-order valence-electron chi connectivity index (χ0n) is 13.4. The van der Waals surface area contributed by atoms with Crippen LogP contribution in [-0.2, 0) is 11.2 Å². The van der Waals surface area contributed by atoms with Crippen molar-refractivity contribution < 1.29 is 14.0 Å². The molecule has 3 aromatic rings. The van der Waals surface area contributed by atoms with Gasteiger partial charge in [0.1, 0.15) is 11.9 Å². The number of halogens is 1. The summed E-state index contributed by atoms with van der Waals surface area (Å²) in [5, 5.41) is 4.31. The number of carbonyl (C=O) groups excluding carboxylic acids is 2. The summed E-state index contributed by atoms with van der Waals surface area (Å²) in [5.74, 6) is -1.57. The third kappa shape index (κ3) is 3.66. The van der Waals surface area contributed by atoms with Crippen LogP contribution in [0.5, 0.6) is 0 Å². The number of hydrogen-bond donors (Lipinski definition) is 2. The Morgan fingerprint density at radius 3 is 2.40 bits per heavy atom. The van der Waals surface area contributed by atoms with Gasteiger partial charge in [0.25, 0.3) is 5.91 Å². The zero-order chi connectivity index (χ0) is 17.8. The van der Waals surface area contributed by atoms with E-state index in [-0.39, 0.29) is 6.42 Å². The van der Waals surface area contributed by atoms with Gasteiger partial charge in [-0.15, -0.1) is 0 Å². The van der Waals surface area contributed by atoms with E-state index in [2.05, 4.69) is 5.32 Å². The van der Waals surface area contributed by atoms with E-state index >= 15 is 0 Å². The van der Waals surface area contributed by atoms with E-state index in [0.29, 0.717) is 11.1 Å². The zero-order valence-corrected chi connectivity index (χ0v) is 13.4. The van der Waals surface area contributed by atoms with E-state index in [1.54, 1.807) is 30.3 Å². The van der Waals surface area contributed by atoms with Crippen LogP contribution in [-0.4, -0.2) is 17.9 Å². The molecular weight excluding hydrogens is 319 g/mol. The Morgan fingerprint density at radius 1 is 0.960 bits per heavy atom. The quantitative estimate of drug-likeness (QED) is 0.752. The fourth-order valence-electron chi connectivity index (χ4n) is 2.77. The molecule has 25 heavy (non-hydrogen) atoms. The van der Waals surface area contributed by atoms with Gasteiger partial charge < -0.3 is 11.1 Å². The summed E-state index contributed by atoms with van der Waals surface area (Å²) in [6, 6.07) is 17.9. The molecule has 1 atom stereocenters. The molecule has 0 fully saturated rings. The summed E-state index contributed by atoms with van der Waals surface area (Å²) in [4.78, 5) is 24.4. The molecule has 0 spiro atoms. The number of rotatable bonds is 5. The summed E-state index contributed by atoms with van der Waals surface area (Å²) in [7, 11) is 0. The molecule has 0 aromatic heterocycles. The predicted molar refractivity (Wildman–Crippen MR) is 94.5 cm³/mol.